The van der Waals surface area contributed by atoms with Gasteiger partial charge in [0.1, 0.15) is 4.90 Å². The van der Waals surface area contributed by atoms with Gasteiger partial charge in [0, 0.05) is 17.7 Å². The van der Waals surface area contributed by atoms with E-state index in [0.29, 0.717) is 0 Å². The van der Waals surface area contributed by atoms with Crippen LogP contribution in [0.15, 0.2) is 51.5 Å². The largest absolute Gasteiger partial charge is 0.416 e. The van der Waals surface area contributed by atoms with Crippen molar-refractivity contribution in [2.24, 2.45) is 10.2 Å². The van der Waals surface area contributed by atoms with Gasteiger partial charge in [0.15, 0.2) is 10.9 Å². The maximum absolute atomic E-state index is 13.1. The minimum atomic E-state index is -5.32. The molecule has 0 aliphatic carbocycles. The van der Waals surface area contributed by atoms with Gasteiger partial charge in [-0.2, -0.15) is 39.9 Å². The second kappa shape index (κ2) is 9.76. The summed E-state index contributed by atoms with van der Waals surface area (Å²) >= 11 is 0.968. The molecule has 0 saturated carbocycles. The molecule has 0 atom stereocenters. The van der Waals surface area contributed by atoms with Crippen molar-refractivity contribution in [3.8, 4) is 5.75 Å². The second-order valence-corrected chi connectivity index (χ2v) is 9.26. The average molecular weight is 556 g/mol. The first-order valence-electron chi connectivity index (χ1n) is 9.12. The first-order chi connectivity index (χ1) is 16.6. The van der Waals surface area contributed by atoms with E-state index in [1.165, 1.54) is 0 Å². The molecule has 1 aliphatic rings. The predicted molar refractivity (Wildman–Crippen MR) is 113 cm³/mol. The first-order valence-corrected chi connectivity index (χ1v) is 11.5. The zero-order chi connectivity index (χ0) is 26.9. The maximum Gasteiger partial charge on any atom is 0.416 e. The fraction of sp³-hybridized carbons (Fsp3) is 0.167. The number of nitro benzene ring substituents is 1. The quantitative estimate of drug-likeness (QED) is 0.187. The molecule has 1 saturated heterocycles. The Bertz CT molecular complexity index is 1360. The van der Waals surface area contributed by atoms with E-state index in [2.05, 4.69) is 15.5 Å². The number of rotatable bonds is 6. The summed E-state index contributed by atoms with van der Waals surface area (Å²) < 4.78 is 109. The molecule has 0 aromatic heterocycles. The van der Waals surface area contributed by atoms with Gasteiger partial charge in [0.05, 0.1) is 28.0 Å². The van der Waals surface area contributed by atoms with Crippen LogP contribution in [-0.2, 0) is 27.3 Å². The van der Waals surface area contributed by atoms with Crippen molar-refractivity contribution >= 4 is 44.9 Å². The Balaban J connectivity index is 2.04. The second-order valence-electron chi connectivity index (χ2n) is 6.74. The van der Waals surface area contributed by atoms with E-state index < -0.39 is 60.4 Å². The number of alkyl halides is 6. The summed E-state index contributed by atoms with van der Waals surface area (Å²) in [5.74, 6) is -1.04. The highest BCUT2D eigenvalue weighted by Gasteiger charge is 2.38. The minimum Gasteiger partial charge on any atom is -0.378 e. The minimum absolute atomic E-state index is 0.0459. The van der Waals surface area contributed by atoms with Crippen molar-refractivity contribution in [3.05, 3.63) is 63.2 Å². The van der Waals surface area contributed by atoms with Crippen molar-refractivity contribution in [3.63, 3.8) is 0 Å². The molecule has 3 rings (SSSR count). The van der Waals surface area contributed by atoms with Crippen LogP contribution in [0.25, 0.3) is 0 Å². The number of hydrogen-bond acceptors (Lipinski definition) is 9. The molecule has 1 N–H and O–H groups in total. The topological polar surface area (TPSA) is 140 Å². The third-order valence-electron chi connectivity index (χ3n) is 4.19. The zero-order valence-corrected chi connectivity index (χ0v) is 18.8. The molecule has 0 unspecified atom stereocenters. The Hall–Kier alpha value is -3.67. The fourth-order valence-corrected chi connectivity index (χ4v) is 4.24. The smallest absolute Gasteiger partial charge is 0.378 e. The molecule has 1 heterocycles. The van der Waals surface area contributed by atoms with Gasteiger partial charge in [0.25, 0.3) is 5.69 Å². The van der Waals surface area contributed by atoms with Gasteiger partial charge in [-0.3, -0.25) is 14.9 Å². The number of halogens is 6. The summed E-state index contributed by atoms with van der Waals surface area (Å²) in [6.07, 6.45) is -9.85. The van der Waals surface area contributed by atoms with Crippen LogP contribution < -0.4 is 9.50 Å². The Morgan fingerprint density at radius 3 is 2.17 bits per heavy atom. The van der Waals surface area contributed by atoms with E-state index in [4.69, 9.17) is 4.18 Å². The normalized spacial score (nSPS) is 15.9. The Labute approximate surface area is 201 Å². The number of benzene rings is 2. The van der Waals surface area contributed by atoms with Gasteiger partial charge in [-0.15, -0.1) is 5.10 Å². The fourth-order valence-electron chi connectivity index (χ4n) is 2.59. The van der Waals surface area contributed by atoms with Crippen LogP contribution in [0.2, 0.25) is 0 Å². The van der Waals surface area contributed by atoms with Crippen LogP contribution in [0, 0.1) is 10.1 Å². The Kier molecular flexibility index (Phi) is 7.30. The number of nitro groups is 1. The van der Waals surface area contributed by atoms with Gasteiger partial charge < -0.3 is 9.50 Å². The number of carbonyl (C=O) groups excluding carboxylic acids is 1. The molecule has 1 aliphatic heterocycles. The number of thioether (sulfide) groups is 1. The van der Waals surface area contributed by atoms with Gasteiger partial charge in [0.2, 0.25) is 5.91 Å². The number of nitrogens with zero attached hydrogens (tertiary/aromatic N) is 3. The highest BCUT2D eigenvalue weighted by atomic mass is 32.2. The molecule has 18 heteroatoms. The van der Waals surface area contributed by atoms with Crippen LogP contribution in [0.3, 0.4) is 0 Å². The molecule has 1 amide bonds. The molecule has 0 radical (unpaired) electrons. The summed E-state index contributed by atoms with van der Waals surface area (Å²) in [6.45, 7) is 0. The zero-order valence-electron chi connectivity index (χ0n) is 17.1. The van der Waals surface area contributed by atoms with E-state index in [9.17, 15) is 49.7 Å². The van der Waals surface area contributed by atoms with E-state index in [1.54, 1.807) is 0 Å². The highest BCUT2D eigenvalue weighted by molar-refractivity contribution is 8.15. The third-order valence-corrected chi connectivity index (χ3v) is 6.26. The standard InChI is InChI=1S/C18H10F6N4O6S2/c19-17(20,21)10-4-11(18(22,23)24)6-13(5-10)36(32,33)34-14-2-1-12(28(30)31)3-9(14)7-25-27-16-26-15(29)8-35-16/h1-7H,8H2,(H,26,27,29). The molecular weight excluding hydrogens is 546 g/mol. The third kappa shape index (κ3) is 6.51. The lowest BCUT2D eigenvalue weighted by atomic mass is 10.1. The first kappa shape index (κ1) is 26.9. The van der Waals surface area contributed by atoms with Crippen LogP contribution in [0.1, 0.15) is 16.7 Å². The van der Waals surface area contributed by atoms with Crippen molar-refractivity contribution in [2.45, 2.75) is 17.2 Å². The summed E-state index contributed by atoms with van der Waals surface area (Å²) in [5, 5.41) is 20.6. The Morgan fingerprint density at radius 2 is 1.67 bits per heavy atom. The summed E-state index contributed by atoms with van der Waals surface area (Å²) in [4.78, 5) is 19.9. The van der Waals surface area contributed by atoms with Gasteiger partial charge >= 0.3 is 22.5 Å². The summed E-state index contributed by atoms with van der Waals surface area (Å²) in [5.41, 5.74) is -4.76. The predicted octanol–water partition coefficient (Wildman–Crippen LogP) is 3.95. The molecule has 2 aromatic carbocycles. The Morgan fingerprint density at radius 1 is 1.06 bits per heavy atom. The SMILES string of the molecule is O=C1CSC(=NN=Cc2cc([N+](=O)[O-])ccc2OS(=O)(=O)c2cc(C(F)(F)F)cc(C(F)(F)F)c2)N1. The average Bonchev–Trinajstić information content (AvgIpc) is 3.18. The number of carbonyl (C=O) groups is 1. The number of non-ortho nitro benzene ring substituents is 1. The molecule has 10 nitrogen and oxygen atoms in total. The summed E-state index contributed by atoms with van der Waals surface area (Å²) in [7, 11) is -5.31. The van der Waals surface area contributed by atoms with Crippen LogP contribution in [0.5, 0.6) is 5.75 Å². The molecule has 36 heavy (non-hydrogen) atoms. The van der Waals surface area contributed by atoms with Gasteiger partial charge in [-0.1, -0.05) is 11.8 Å². The molecule has 0 spiro atoms. The lowest BCUT2D eigenvalue weighted by Gasteiger charge is -2.15. The van der Waals surface area contributed by atoms with Crippen molar-refractivity contribution < 1.29 is 48.7 Å². The van der Waals surface area contributed by atoms with E-state index in [1.807, 2.05) is 0 Å². The number of amidine groups is 1. The number of hydrogen-bond donors (Lipinski definition) is 1. The van der Waals surface area contributed by atoms with Crippen molar-refractivity contribution in [2.75, 3.05) is 5.75 Å². The highest BCUT2D eigenvalue weighted by Crippen LogP contribution is 2.38. The maximum atomic E-state index is 13.1. The number of amides is 1. The van der Waals surface area contributed by atoms with Gasteiger partial charge in [-0.25, -0.2) is 0 Å². The van der Waals surface area contributed by atoms with Gasteiger partial charge in [-0.05, 0) is 24.3 Å². The molecule has 0 bridgehead atoms. The van der Waals surface area contributed by atoms with E-state index in [-0.39, 0.29) is 35.0 Å². The van der Waals surface area contributed by atoms with Crippen molar-refractivity contribution in [1.82, 2.24) is 5.32 Å². The molecule has 2 aromatic rings. The molecule has 1 fully saturated rings. The van der Waals surface area contributed by atoms with Crippen LogP contribution in [0.4, 0.5) is 32.0 Å². The van der Waals surface area contributed by atoms with E-state index in [0.717, 1.165) is 36.2 Å². The van der Waals surface area contributed by atoms with Crippen LogP contribution >= 0.6 is 11.8 Å². The van der Waals surface area contributed by atoms with Crippen molar-refractivity contribution in [1.29, 1.82) is 0 Å². The number of nitrogens with one attached hydrogen (secondary N) is 1. The summed E-state index contributed by atoms with van der Waals surface area (Å²) in [6, 6.07) is 1.97. The van der Waals surface area contributed by atoms with Crippen LogP contribution in [-0.4, -0.2) is 36.4 Å². The molecule has 192 valence electrons. The monoisotopic (exact) mass is 556 g/mol. The molecular formula is C18H10F6N4O6S2. The lowest BCUT2D eigenvalue weighted by Crippen LogP contribution is -2.19. The van der Waals surface area contributed by atoms with E-state index >= 15 is 0 Å². The lowest BCUT2D eigenvalue weighted by molar-refractivity contribution is -0.384.